The lowest BCUT2D eigenvalue weighted by Crippen LogP contribution is -2.41. The van der Waals surface area contributed by atoms with E-state index in [1.807, 2.05) is 12.1 Å². The molecule has 0 atom stereocenters. The Balaban J connectivity index is 1.46. The van der Waals surface area contributed by atoms with Gasteiger partial charge in [0.15, 0.2) is 0 Å². The predicted octanol–water partition coefficient (Wildman–Crippen LogP) is 7.82. The highest BCUT2D eigenvalue weighted by Gasteiger charge is 2.51. The van der Waals surface area contributed by atoms with Crippen LogP contribution in [-0.4, -0.2) is 22.9 Å². The fraction of sp³-hybridized carbons (Fsp3) is 0.222. The summed E-state index contributed by atoms with van der Waals surface area (Å²) in [5, 5.41) is 1.27. The Morgan fingerprint density at radius 1 is 0.825 bits per heavy atom. The molecular formula is C36H32BNO2. The molecule has 40 heavy (non-hydrogen) atoms. The zero-order valence-electron chi connectivity index (χ0n) is 23.5. The zero-order chi connectivity index (χ0) is 27.5. The van der Waals surface area contributed by atoms with Gasteiger partial charge in [-0.3, -0.25) is 0 Å². The molecule has 1 aliphatic heterocycles. The van der Waals surface area contributed by atoms with Crippen LogP contribution in [0.4, 0.5) is 0 Å². The largest absolute Gasteiger partial charge is 0.494 e. The molecule has 4 heteroatoms. The second-order valence-corrected chi connectivity index (χ2v) is 11.8. The van der Waals surface area contributed by atoms with Crippen LogP contribution in [0.2, 0.25) is 0 Å². The minimum Gasteiger partial charge on any atom is -0.399 e. The van der Waals surface area contributed by atoms with Crippen LogP contribution in [0.15, 0.2) is 91.0 Å². The highest BCUT2D eigenvalue weighted by atomic mass is 16.7. The van der Waals surface area contributed by atoms with Gasteiger partial charge in [-0.05, 0) is 81.4 Å². The molecule has 3 nitrogen and oxygen atoms in total. The zero-order valence-corrected chi connectivity index (χ0v) is 23.5. The fourth-order valence-corrected chi connectivity index (χ4v) is 5.90. The van der Waals surface area contributed by atoms with E-state index < -0.39 is 18.3 Å². The summed E-state index contributed by atoms with van der Waals surface area (Å²) in [6, 6.07) is 36.7. The van der Waals surface area contributed by atoms with E-state index in [2.05, 4.69) is 129 Å². The summed E-state index contributed by atoms with van der Waals surface area (Å²) in [5.41, 5.74) is 9.54. The van der Waals surface area contributed by atoms with Crippen LogP contribution in [0.3, 0.4) is 0 Å². The second kappa shape index (κ2) is 9.27. The van der Waals surface area contributed by atoms with Crippen molar-refractivity contribution in [1.82, 2.24) is 4.57 Å². The van der Waals surface area contributed by atoms with Gasteiger partial charge in [-0.1, -0.05) is 84.9 Å². The molecule has 2 heterocycles. The average Bonchev–Trinajstić information content (AvgIpc) is 3.42. The number of benzene rings is 3. The molecule has 0 saturated carbocycles. The maximum absolute atomic E-state index is 6.49. The lowest BCUT2D eigenvalue weighted by Gasteiger charge is -2.32. The minimum atomic E-state index is -0.443. The highest BCUT2D eigenvalue weighted by molar-refractivity contribution is 6.62. The van der Waals surface area contributed by atoms with Gasteiger partial charge in [-0.2, -0.15) is 0 Å². The van der Waals surface area contributed by atoms with Gasteiger partial charge in [0.1, 0.15) is 0 Å². The summed E-state index contributed by atoms with van der Waals surface area (Å²) in [5.74, 6) is 0. The average molecular weight is 521 g/mol. The Morgan fingerprint density at radius 3 is 2.38 bits per heavy atom. The van der Waals surface area contributed by atoms with Crippen molar-refractivity contribution in [2.75, 3.05) is 0 Å². The van der Waals surface area contributed by atoms with E-state index in [1.54, 1.807) is 0 Å². The molecule has 1 aliphatic carbocycles. The van der Waals surface area contributed by atoms with E-state index >= 15 is 0 Å². The molecule has 0 spiro atoms. The van der Waals surface area contributed by atoms with Gasteiger partial charge >= 0.3 is 7.12 Å². The molecule has 196 valence electrons. The number of para-hydroxylation sites is 1. The van der Waals surface area contributed by atoms with E-state index in [0.717, 1.165) is 40.7 Å². The third-order valence-electron chi connectivity index (χ3n) is 8.77. The Hall–Kier alpha value is -4.04. The number of hydrogen-bond donors (Lipinski definition) is 0. The Morgan fingerprint density at radius 2 is 1.57 bits per heavy atom. The topological polar surface area (TPSA) is 23.4 Å². The number of aromatic nitrogens is 1. The van der Waals surface area contributed by atoms with Gasteiger partial charge in [0, 0.05) is 27.8 Å². The van der Waals surface area contributed by atoms with E-state index in [-0.39, 0.29) is 0 Å². The Labute approximate surface area is 237 Å². The summed E-state index contributed by atoms with van der Waals surface area (Å²) in [4.78, 5) is 0. The first-order chi connectivity index (χ1) is 19.3. The summed E-state index contributed by atoms with van der Waals surface area (Å²) in [7, 11) is -0.443. The standard InChI is InChI=1S/C36H32BNO2/c1-35(2)36(3,4)40-37(39-35)28-21-22-29(27-16-12-15-26(23-27)25-13-6-5-7-14-25)34(24-28)38-32-19-10-8-17-30(32)31-18-9-11-20-33(31)38/h5-10,13-15,17-19,21-24H,11,20H2,1-4H3. The molecule has 1 saturated heterocycles. The van der Waals surface area contributed by atoms with E-state index in [0.29, 0.717) is 0 Å². The van der Waals surface area contributed by atoms with Crippen molar-refractivity contribution in [2.24, 2.45) is 0 Å². The lowest BCUT2D eigenvalue weighted by atomic mass is 9.78. The van der Waals surface area contributed by atoms with Crippen LogP contribution in [0, 0.1) is 12.1 Å². The number of rotatable bonds is 4. The number of allylic oxidation sites excluding steroid dienone is 1. The first kappa shape index (κ1) is 25.0. The molecule has 0 bridgehead atoms. The van der Waals surface area contributed by atoms with Gasteiger partial charge in [-0.15, -0.1) is 0 Å². The van der Waals surface area contributed by atoms with Crippen molar-refractivity contribution < 1.29 is 9.31 Å². The van der Waals surface area contributed by atoms with Crippen molar-refractivity contribution in [3.05, 3.63) is 114 Å². The summed E-state index contributed by atoms with van der Waals surface area (Å²) >= 11 is 0. The summed E-state index contributed by atoms with van der Waals surface area (Å²) in [6.45, 7) is 8.41. The third-order valence-corrected chi connectivity index (χ3v) is 8.77. The molecule has 1 fully saturated rings. The normalized spacial score (nSPS) is 17.1. The number of fused-ring (bicyclic) bond motifs is 3. The van der Waals surface area contributed by atoms with Crippen molar-refractivity contribution in [1.29, 1.82) is 0 Å². The van der Waals surface area contributed by atoms with Crippen LogP contribution in [0.5, 0.6) is 0 Å². The Bertz CT molecular complexity index is 1750. The number of nitrogens with zero attached hydrogens (tertiary/aromatic N) is 1. The highest BCUT2D eigenvalue weighted by Crippen LogP contribution is 2.39. The third kappa shape index (κ3) is 4.01. The van der Waals surface area contributed by atoms with Gasteiger partial charge in [0.2, 0.25) is 0 Å². The van der Waals surface area contributed by atoms with Gasteiger partial charge in [0.25, 0.3) is 0 Å². The molecule has 0 amide bonds. The molecule has 7 rings (SSSR count). The van der Waals surface area contributed by atoms with Crippen molar-refractivity contribution in [3.63, 3.8) is 0 Å². The first-order valence-corrected chi connectivity index (χ1v) is 14.1. The van der Waals surface area contributed by atoms with Crippen LogP contribution in [-0.2, 0) is 15.7 Å². The SMILES string of the molecule is CC1(C)OB(c2ccc(-c3c#ccc(-c4ccccc4)c3)c(-n3c4c(c5ccccc53)C=CCC4)c2)OC1(C)C. The molecule has 0 unspecified atom stereocenters. The quantitative estimate of drug-likeness (QED) is 0.225. The van der Waals surface area contributed by atoms with Crippen molar-refractivity contribution >= 4 is 29.6 Å². The summed E-state index contributed by atoms with van der Waals surface area (Å²) in [6.07, 6.45) is 6.58. The van der Waals surface area contributed by atoms with Crippen molar-refractivity contribution in [2.45, 2.75) is 51.7 Å². The van der Waals surface area contributed by atoms with Crippen molar-refractivity contribution in [3.8, 4) is 27.9 Å². The molecule has 1 aromatic heterocycles. The van der Waals surface area contributed by atoms with Gasteiger partial charge < -0.3 is 13.9 Å². The van der Waals surface area contributed by atoms with Crippen LogP contribution in [0.1, 0.15) is 45.4 Å². The van der Waals surface area contributed by atoms with E-state index in [4.69, 9.17) is 9.31 Å². The fourth-order valence-electron chi connectivity index (χ4n) is 5.90. The lowest BCUT2D eigenvalue weighted by molar-refractivity contribution is 0.00578. The molecule has 4 aromatic carbocycles. The molecule has 0 N–H and O–H groups in total. The maximum atomic E-state index is 6.49. The minimum absolute atomic E-state index is 0.409. The van der Waals surface area contributed by atoms with Crippen LogP contribution < -0.4 is 5.46 Å². The maximum Gasteiger partial charge on any atom is 0.494 e. The molecule has 5 aromatic rings. The van der Waals surface area contributed by atoms with E-state index in [9.17, 15) is 0 Å². The molecule has 0 radical (unpaired) electrons. The predicted molar refractivity (Wildman–Crippen MR) is 165 cm³/mol. The Kier molecular flexibility index (Phi) is 5.79. The second-order valence-electron chi connectivity index (χ2n) is 11.8. The van der Waals surface area contributed by atoms with Gasteiger partial charge in [0.05, 0.1) is 22.4 Å². The van der Waals surface area contributed by atoms with E-state index in [1.165, 1.54) is 27.7 Å². The van der Waals surface area contributed by atoms with Gasteiger partial charge in [-0.25, -0.2) is 0 Å². The van der Waals surface area contributed by atoms with Crippen LogP contribution in [0.25, 0.3) is 44.9 Å². The summed E-state index contributed by atoms with van der Waals surface area (Å²) < 4.78 is 15.4. The number of hydrogen-bond acceptors (Lipinski definition) is 2. The first-order valence-electron chi connectivity index (χ1n) is 14.1. The molecule has 2 aliphatic rings. The molecular weight excluding hydrogens is 489 g/mol. The van der Waals surface area contributed by atoms with Crippen LogP contribution >= 0.6 is 0 Å². The monoisotopic (exact) mass is 521 g/mol. The smallest absolute Gasteiger partial charge is 0.399 e.